The van der Waals surface area contributed by atoms with Crippen LogP contribution in [0.15, 0.2) is 52.7 Å². The van der Waals surface area contributed by atoms with Crippen LogP contribution in [0.5, 0.6) is 5.75 Å². The second kappa shape index (κ2) is 10.3. The summed E-state index contributed by atoms with van der Waals surface area (Å²) in [5.74, 6) is -0.319. The van der Waals surface area contributed by atoms with E-state index >= 15 is 0 Å². The highest BCUT2D eigenvalue weighted by atomic mass is 16.5. The first kappa shape index (κ1) is 21.9. The summed E-state index contributed by atoms with van der Waals surface area (Å²) < 4.78 is 15.6. The minimum atomic E-state index is -0.566. The van der Waals surface area contributed by atoms with Crippen molar-refractivity contribution in [1.82, 2.24) is 4.90 Å². The molecule has 2 rings (SSSR count). The summed E-state index contributed by atoms with van der Waals surface area (Å²) in [7, 11) is 1.53. The van der Waals surface area contributed by atoms with Gasteiger partial charge in [-0.3, -0.25) is 9.59 Å². The highest BCUT2D eigenvalue weighted by molar-refractivity contribution is 5.83. The number of carbonyl (C=O) groups is 2. The molecule has 0 N–H and O–H groups in total. The monoisotopic (exact) mass is 399 g/mol. The van der Waals surface area contributed by atoms with Crippen molar-refractivity contribution in [2.45, 2.75) is 19.8 Å². The molecule has 1 amide bonds. The third-order valence-electron chi connectivity index (χ3n) is 4.48. The first-order chi connectivity index (χ1) is 13.9. The summed E-state index contributed by atoms with van der Waals surface area (Å²) in [6.07, 6.45) is 3.29. The Morgan fingerprint density at radius 2 is 1.90 bits per heavy atom. The Balaban J connectivity index is 2.02. The van der Waals surface area contributed by atoms with Crippen LogP contribution in [0.4, 0.5) is 0 Å². The van der Waals surface area contributed by atoms with Gasteiger partial charge in [-0.2, -0.15) is 0 Å². The molecule has 0 radical (unpaired) electrons. The topological polar surface area (TPSA) is 86.1 Å². The van der Waals surface area contributed by atoms with Crippen LogP contribution in [0.1, 0.15) is 17.5 Å². The third kappa shape index (κ3) is 5.57. The van der Waals surface area contributed by atoms with Crippen molar-refractivity contribution in [3.05, 3.63) is 65.1 Å². The first-order valence-electron chi connectivity index (χ1n) is 9.16. The van der Waals surface area contributed by atoms with E-state index in [2.05, 4.69) is 13.2 Å². The summed E-state index contributed by atoms with van der Waals surface area (Å²) in [6.45, 7) is 9.29. The molecule has 1 heterocycles. The van der Waals surface area contributed by atoms with Gasteiger partial charge in [0, 0.05) is 36.5 Å². The first-order valence-corrected chi connectivity index (χ1v) is 9.16. The van der Waals surface area contributed by atoms with Crippen LogP contribution in [-0.2, 0) is 20.7 Å². The smallest absolute Gasteiger partial charge is 0.339 e. The van der Waals surface area contributed by atoms with E-state index in [-0.39, 0.29) is 25.4 Å². The molecule has 0 spiro atoms. The molecule has 0 unspecified atom stereocenters. The Morgan fingerprint density at radius 1 is 1.21 bits per heavy atom. The fourth-order valence-electron chi connectivity index (χ4n) is 2.91. The number of ether oxygens (including phenoxy) is 2. The molecular weight excluding hydrogens is 374 g/mol. The maximum atomic E-state index is 12.3. The van der Waals surface area contributed by atoms with Gasteiger partial charge in [-0.15, -0.1) is 13.2 Å². The fourth-order valence-corrected chi connectivity index (χ4v) is 2.91. The highest BCUT2D eigenvalue weighted by Gasteiger charge is 2.16. The average molecular weight is 399 g/mol. The van der Waals surface area contributed by atoms with Gasteiger partial charge in [0.2, 0.25) is 0 Å². The number of methoxy groups -OCH3 is 1. The van der Waals surface area contributed by atoms with Gasteiger partial charge in [-0.25, -0.2) is 4.79 Å². The van der Waals surface area contributed by atoms with Crippen molar-refractivity contribution in [2.24, 2.45) is 0 Å². The summed E-state index contributed by atoms with van der Waals surface area (Å²) in [5.41, 5.74) is 1.07. The van der Waals surface area contributed by atoms with Gasteiger partial charge in [0.05, 0.1) is 7.11 Å². The lowest BCUT2D eigenvalue weighted by atomic mass is 10.0. The number of amides is 1. The Hall–Kier alpha value is -3.35. The maximum absolute atomic E-state index is 12.3. The Morgan fingerprint density at radius 3 is 2.52 bits per heavy atom. The van der Waals surface area contributed by atoms with E-state index in [0.717, 1.165) is 10.9 Å². The number of benzene rings is 1. The molecule has 0 saturated heterocycles. The summed E-state index contributed by atoms with van der Waals surface area (Å²) >= 11 is 0. The lowest BCUT2D eigenvalue weighted by molar-refractivity contribution is -0.151. The van der Waals surface area contributed by atoms with Crippen LogP contribution in [0.25, 0.3) is 11.0 Å². The molecule has 0 aliphatic carbocycles. The zero-order valence-electron chi connectivity index (χ0n) is 16.7. The van der Waals surface area contributed by atoms with E-state index in [1.54, 1.807) is 37.3 Å². The average Bonchev–Trinajstić information content (AvgIpc) is 2.71. The summed E-state index contributed by atoms with van der Waals surface area (Å²) in [6, 6.07) is 5.23. The predicted molar refractivity (Wildman–Crippen MR) is 110 cm³/mol. The van der Waals surface area contributed by atoms with Gasteiger partial charge >= 0.3 is 11.6 Å². The SMILES string of the molecule is C=CCN(CC=C)C(=O)COC(=O)CCc1c(C)c2ccc(OC)cc2oc1=O. The maximum Gasteiger partial charge on any atom is 0.339 e. The van der Waals surface area contributed by atoms with Crippen LogP contribution in [0.3, 0.4) is 0 Å². The van der Waals surface area contributed by atoms with Crippen molar-refractivity contribution in [2.75, 3.05) is 26.8 Å². The van der Waals surface area contributed by atoms with E-state index in [1.807, 2.05) is 0 Å². The second-order valence-corrected chi connectivity index (χ2v) is 6.39. The number of fused-ring (bicyclic) bond motifs is 1. The molecule has 0 fully saturated rings. The summed E-state index contributed by atoms with van der Waals surface area (Å²) in [4.78, 5) is 37.9. The molecular formula is C22H25NO6. The Kier molecular flexibility index (Phi) is 7.77. The molecule has 7 heteroatoms. The zero-order chi connectivity index (χ0) is 21.4. The molecule has 1 aromatic carbocycles. The standard InChI is InChI=1S/C22H25NO6/c1-5-11-23(12-6-2)20(24)14-28-21(25)10-9-18-15(3)17-8-7-16(27-4)13-19(17)29-22(18)26/h5-8,13H,1-2,9-12,14H2,3-4H3. The molecule has 1 aromatic heterocycles. The van der Waals surface area contributed by atoms with Crippen molar-refractivity contribution in [3.63, 3.8) is 0 Å². The molecule has 0 saturated carbocycles. The molecule has 0 aliphatic rings. The van der Waals surface area contributed by atoms with E-state index in [4.69, 9.17) is 13.9 Å². The normalized spacial score (nSPS) is 10.4. The van der Waals surface area contributed by atoms with Crippen LogP contribution < -0.4 is 10.4 Å². The van der Waals surface area contributed by atoms with Gasteiger partial charge in [0.25, 0.3) is 5.91 Å². The van der Waals surface area contributed by atoms with E-state index < -0.39 is 11.6 Å². The van der Waals surface area contributed by atoms with Gasteiger partial charge < -0.3 is 18.8 Å². The minimum absolute atomic E-state index is 0.0382. The zero-order valence-corrected chi connectivity index (χ0v) is 16.7. The largest absolute Gasteiger partial charge is 0.497 e. The van der Waals surface area contributed by atoms with Gasteiger partial charge in [-0.05, 0) is 31.0 Å². The van der Waals surface area contributed by atoms with Crippen LogP contribution in [0.2, 0.25) is 0 Å². The van der Waals surface area contributed by atoms with E-state index in [1.165, 1.54) is 12.0 Å². The minimum Gasteiger partial charge on any atom is -0.497 e. The van der Waals surface area contributed by atoms with E-state index in [9.17, 15) is 14.4 Å². The van der Waals surface area contributed by atoms with Gasteiger partial charge in [-0.1, -0.05) is 12.2 Å². The molecule has 0 aliphatic heterocycles. The molecule has 154 valence electrons. The molecule has 0 bridgehead atoms. The number of nitrogens with zero attached hydrogens (tertiary/aromatic N) is 1. The van der Waals surface area contributed by atoms with E-state index in [0.29, 0.717) is 30.0 Å². The number of hydrogen-bond acceptors (Lipinski definition) is 6. The second-order valence-electron chi connectivity index (χ2n) is 6.39. The van der Waals surface area contributed by atoms with Crippen molar-refractivity contribution < 1.29 is 23.5 Å². The van der Waals surface area contributed by atoms with Gasteiger partial charge in [0.15, 0.2) is 6.61 Å². The van der Waals surface area contributed by atoms with Crippen molar-refractivity contribution >= 4 is 22.8 Å². The van der Waals surface area contributed by atoms with Crippen LogP contribution in [0, 0.1) is 6.92 Å². The summed E-state index contributed by atoms with van der Waals surface area (Å²) in [5, 5.41) is 0.772. The molecule has 7 nitrogen and oxygen atoms in total. The third-order valence-corrected chi connectivity index (χ3v) is 4.48. The number of rotatable bonds is 10. The Bertz CT molecular complexity index is 965. The van der Waals surface area contributed by atoms with Crippen molar-refractivity contribution in [3.8, 4) is 5.75 Å². The Labute approximate surface area is 169 Å². The number of esters is 1. The number of aryl methyl sites for hydroxylation is 1. The number of carbonyl (C=O) groups excluding carboxylic acids is 2. The highest BCUT2D eigenvalue weighted by Crippen LogP contribution is 2.24. The quantitative estimate of drug-likeness (QED) is 0.347. The van der Waals surface area contributed by atoms with Crippen molar-refractivity contribution in [1.29, 1.82) is 0 Å². The predicted octanol–water partition coefficient (Wildman–Crippen LogP) is 2.79. The lowest BCUT2D eigenvalue weighted by Crippen LogP contribution is -2.35. The fraction of sp³-hybridized carbons (Fsp3) is 0.318. The number of hydrogen-bond donors (Lipinski definition) is 0. The van der Waals surface area contributed by atoms with Crippen LogP contribution >= 0.6 is 0 Å². The van der Waals surface area contributed by atoms with Gasteiger partial charge in [0.1, 0.15) is 11.3 Å². The molecule has 29 heavy (non-hydrogen) atoms. The van der Waals surface area contributed by atoms with Crippen LogP contribution in [-0.4, -0.2) is 43.6 Å². The molecule has 2 aromatic rings. The lowest BCUT2D eigenvalue weighted by Gasteiger charge is -2.18. The molecule has 0 atom stereocenters.